The van der Waals surface area contributed by atoms with Crippen LogP contribution in [0.1, 0.15) is 24.1 Å². The number of methoxy groups -OCH3 is 1. The number of aromatic nitrogens is 1. The van der Waals surface area contributed by atoms with Crippen molar-refractivity contribution in [2.45, 2.75) is 19.5 Å². The van der Waals surface area contributed by atoms with Crippen molar-refractivity contribution < 1.29 is 4.74 Å². The Bertz CT molecular complexity index is 870. The molecule has 0 bridgehead atoms. The molecule has 2 aromatic carbocycles. The monoisotopic (exact) mass is 334 g/mol. The van der Waals surface area contributed by atoms with Crippen LogP contribution in [0.5, 0.6) is 5.75 Å². The molecule has 128 valence electrons. The molecule has 0 radical (unpaired) electrons. The number of ether oxygens (including phenoxy) is 1. The maximum absolute atomic E-state index is 12.2. The summed E-state index contributed by atoms with van der Waals surface area (Å²) in [6.07, 6.45) is 1.88. The van der Waals surface area contributed by atoms with Gasteiger partial charge in [0, 0.05) is 30.5 Å². The number of hydrogen-bond donors (Lipinski definition) is 1. The summed E-state index contributed by atoms with van der Waals surface area (Å²) in [5.74, 6) is 0.770. The van der Waals surface area contributed by atoms with Crippen molar-refractivity contribution in [3.63, 3.8) is 0 Å². The number of benzene rings is 2. The van der Waals surface area contributed by atoms with Crippen LogP contribution in [0.2, 0.25) is 0 Å². The van der Waals surface area contributed by atoms with Crippen LogP contribution in [0, 0.1) is 0 Å². The van der Waals surface area contributed by atoms with Crippen LogP contribution < -0.4 is 15.6 Å². The Morgan fingerprint density at radius 2 is 1.72 bits per heavy atom. The molecule has 1 atom stereocenters. The summed E-state index contributed by atoms with van der Waals surface area (Å²) < 4.78 is 6.82. The Balaban J connectivity index is 1.76. The van der Waals surface area contributed by atoms with Gasteiger partial charge in [0.05, 0.1) is 7.11 Å². The zero-order valence-corrected chi connectivity index (χ0v) is 14.5. The highest BCUT2D eigenvalue weighted by atomic mass is 16.5. The zero-order chi connectivity index (χ0) is 17.6. The first-order valence-electron chi connectivity index (χ1n) is 8.32. The Morgan fingerprint density at radius 1 is 1.00 bits per heavy atom. The van der Waals surface area contributed by atoms with Crippen molar-refractivity contribution in [1.29, 1.82) is 0 Å². The first kappa shape index (κ1) is 17.0. The Kier molecular flexibility index (Phi) is 5.31. The van der Waals surface area contributed by atoms with Crippen molar-refractivity contribution in [2.75, 3.05) is 7.11 Å². The molecule has 1 heterocycles. The zero-order valence-electron chi connectivity index (χ0n) is 14.5. The van der Waals surface area contributed by atoms with E-state index < -0.39 is 0 Å². The SMILES string of the molecule is COc1ccc(-n2cc(CN[C@H](C)c3ccccc3)ccc2=O)cc1. The molecule has 25 heavy (non-hydrogen) atoms. The molecule has 0 aliphatic rings. The number of nitrogens with one attached hydrogen (secondary N) is 1. The third kappa shape index (κ3) is 4.17. The van der Waals surface area contributed by atoms with Crippen LogP contribution in [0.4, 0.5) is 0 Å². The van der Waals surface area contributed by atoms with E-state index >= 15 is 0 Å². The maximum atomic E-state index is 12.2. The van der Waals surface area contributed by atoms with Crippen molar-refractivity contribution >= 4 is 0 Å². The van der Waals surface area contributed by atoms with Gasteiger partial charge in [0.2, 0.25) is 0 Å². The molecule has 3 aromatic rings. The smallest absolute Gasteiger partial charge is 0.255 e. The minimum atomic E-state index is -0.0509. The second kappa shape index (κ2) is 7.81. The molecular weight excluding hydrogens is 312 g/mol. The maximum Gasteiger partial charge on any atom is 0.255 e. The van der Waals surface area contributed by atoms with E-state index in [1.54, 1.807) is 17.7 Å². The highest BCUT2D eigenvalue weighted by Gasteiger charge is 2.06. The second-order valence-electron chi connectivity index (χ2n) is 5.96. The Morgan fingerprint density at radius 3 is 2.40 bits per heavy atom. The van der Waals surface area contributed by atoms with Gasteiger partial charge in [0.1, 0.15) is 5.75 Å². The van der Waals surface area contributed by atoms with Crippen LogP contribution in [0.3, 0.4) is 0 Å². The van der Waals surface area contributed by atoms with E-state index in [0.29, 0.717) is 6.54 Å². The minimum Gasteiger partial charge on any atom is -0.497 e. The molecule has 0 saturated heterocycles. The van der Waals surface area contributed by atoms with E-state index in [1.807, 2.05) is 54.7 Å². The fourth-order valence-corrected chi connectivity index (χ4v) is 2.71. The van der Waals surface area contributed by atoms with Gasteiger partial charge < -0.3 is 10.1 Å². The lowest BCUT2D eigenvalue weighted by atomic mass is 10.1. The van der Waals surface area contributed by atoms with Gasteiger partial charge in [-0.15, -0.1) is 0 Å². The van der Waals surface area contributed by atoms with E-state index in [9.17, 15) is 4.79 Å². The van der Waals surface area contributed by atoms with E-state index in [2.05, 4.69) is 24.4 Å². The van der Waals surface area contributed by atoms with Gasteiger partial charge in [-0.1, -0.05) is 36.4 Å². The number of rotatable bonds is 6. The van der Waals surface area contributed by atoms with Crippen molar-refractivity contribution in [3.8, 4) is 11.4 Å². The largest absolute Gasteiger partial charge is 0.497 e. The molecule has 3 rings (SSSR count). The Hall–Kier alpha value is -2.85. The topological polar surface area (TPSA) is 43.3 Å². The standard InChI is InChI=1S/C21H22N2O2/c1-16(18-6-4-3-5-7-18)22-14-17-8-13-21(24)23(15-17)19-9-11-20(25-2)12-10-19/h3-13,15-16,22H,14H2,1-2H3/t16-/m1/s1. The van der Waals surface area contributed by atoms with Crippen molar-refractivity contribution in [3.05, 3.63) is 94.4 Å². The first-order valence-corrected chi connectivity index (χ1v) is 8.32. The third-order valence-electron chi connectivity index (χ3n) is 4.23. The van der Waals surface area contributed by atoms with E-state index in [0.717, 1.165) is 17.0 Å². The van der Waals surface area contributed by atoms with Crippen LogP contribution in [-0.2, 0) is 6.54 Å². The van der Waals surface area contributed by atoms with Crippen molar-refractivity contribution in [2.24, 2.45) is 0 Å². The van der Waals surface area contributed by atoms with Crippen LogP contribution in [0.15, 0.2) is 77.7 Å². The average molecular weight is 334 g/mol. The molecule has 0 aliphatic heterocycles. The van der Waals surface area contributed by atoms with E-state index in [-0.39, 0.29) is 11.6 Å². The molecule has 0 amide bonds. The van der Waals surface area contributed by atoms with E-state index in [1.165, 1.54) is 5.56 Å². The highest BCUT2D eigenvalue weighted by Crippen LogP contribution is 2.15. The molecule has 1 N–H and O–H groups in total. The summed E-state index contributed by atoms with van der Waals surface area (Å²) in [6, 6.07) is 21.5. The lowest BCUT2D eigenvalue weighted by molar-refractivity contribution is 0.414. The summed E-state index contributed by atoms with van der Waals surface area (Å²) in [4.78, 5) is 12.2. The number of nitrogens with zero attached hydrogens (tertiary/aromatic N) is 1. The van der Waals surface area contributed by atoms with Crippen LogP contribution >= 0.6 is 0 Å². The Labute approximate surface area is 147 Å². The predicted molar refractivity (Wildman–Crippen MR) is 100 cm³/mol. The van der Waals surface area contributed by atoms with Gasteiger partial charge in [-0.2, -0.15) is 0 Å². The normalized spacial score (nSPS) is 11.9. The van der Waals surface area contributed by atoms with Gasteiger partial charge in [-0.05, 0) is 42.3 Å². The molecule has 0 saturated carbocycles. The molecule has 4 heteroatoms. The van der Waals surface area contributed by atoms with Crippen LogP contribution in [-0.4, -0.2) is 11.7 Å². The van der Waals surface area contributed by atoms with Crippen molar-refractivity contribution in [1.82, 2.24) is 9.88 Å². The summed E-state index contributed by atoms with van der Waals surface area (Å²) in [7, 11) is 1.63. The second-order valence-corrected chi connectivity index (χ2v) is 5.96. The fourth-order valence-electron chi connectivity index (χ4n) is 2.71. The van der Waals surface area contributed by atoms with Gasteiger partial charge in [-0.25, -0.2) is 0 Å². The third-order valence-corrected chi connectivity index (χ3v) is 4.23. The summed E-state index contributed by atoms with van der Waals surface area (Å²) in [5, 5.41) is 3.50. The molecular formula is C21H22N2O2. The molecule has 0 fully saturated rings. The lowest BCUT2D eigenvalue weighted by Crippen LogP contribution is -2.21. The number of hydrogen-bond acceptors (Lipinski definition) is 3. The van der Waals surface area contributed by atoms with Gasteiger partial charge in [-0.3, -0.25) is 9.36 Å². The average Bonchev–Trinajstić information content (AvgIpc) is 2.68. The van der Waals surface area contributed by atoms with Gasteiger partial charge in [0.25, 0.3) is 5.56 Å². The predicted octanol–water partition coefficient (Wildman–Crippen LogP) is 3.70. The molecule has 0 unspecified atom stereocenters. The molecule has 1 aromatic heterocycles. The summed E-state index contributed by atoms with van der Waals surface area (Å²) in [5.41, 5.74) is 3.07. The van der Waals surface area contributed by atoms with Gasteiger partial charge >= 0.3 is 0 Å². The molecule has 0 aliphatic carbocycles. The minimum absolute atomic E-state index is 0.0509. The molecule has 0 spiro atoms. The quantitative estimate of drug-likeness (QED) is 0.747. The number of pyridine rings is 1. The van der Waals surface area contributed by atoms with E-state index in [4.69, 9.17) is 4.74 Å². The summed E-state index contributed by atoms with van der Waals surface area (Å²) >= 11 is 0. The summed E-state index contributed by atoms with van der Waals surface area (Å²) in [6.45, 7) is 2.82. The van der Waals surface area contributed by atoms with Crippen LogP contribution in [0.25, 0.3) is 5.69 Å². The molecule has 4 nitrogen and oxygen atoms in total. The van der Waals surface area contributed by atoms with Gasteiger partial charge in [0.15, 0.2) is 0 Å². The lowest BCUT2D eigenvalue weighted by Gasteiger charge is -2.15. The highest BCUT2D eigenvalue weighted by molar-refractivity contribution is 5.38. The first-order chi connectivity index (χ1) is 12.2. The fraction of sp³-hybridized carbons (Fsp3) is 0.190.